The number of hydrogen-bond acceptors (Lipinski definition) is 3. The van der Waals surface area contributed by atoms with Gasteiger partial charge in [-0.1, -0.05) is 18.2 Å². The van der Waals surface area contributed by atoms with Crippen molar-refractivity contribution in [2.45, 2.75) is 16.3 Å². The first-order chi connectivity index (χ1) is 8.25. The first-order valence-corrected chi connectivity index (χ1v) is 6.63. The smallest absolute Gasteiger partial charge is 0.214 e. The second-order valence-corrected chi connectivity index (χ2v) is 5.54. The summed E-state index contributed by atoms with van der Waals surface area (Å²) >= 11 is 5.44. The Morgan fingerprint density at radius 2 is 1.89 bits per heavy atom. The summed E-state index contributed by atoms with van der Waals surface area (Å²) in [5.41, 5.74) is -5.65. The topological polar surface area (TPSA) is 57.9 Å². The lowest BCUT2D eigenvalue weighted by atomic mass is 10.0. The van der Waals surface area contributed by atoms with Gasteiger partial charge < -0.3 is 0 Å². The highest BCUT2D eigenvalue weighted by atomic mass is 35.5. The van der Waals surface area contributed by atoms with Crippen molar-refractivity contribution in [3.05, 3.63) is 29.8 Å². The molecule has 1 rings (SSSR count). The molecule has 0 amide bonds. The van der Waals surface area contributed by atoms with Crippen LogP contribution in [0.2, 0.25) is 0 Å². The number of nitriles is 1. The third-order valence-corrected chi connectivity index (χ3v) is 4.07. The van der Waals surface area contributed by atoms with Crippen LogP contribution in [-0.4, -0.2) is 19.8 Å². The Morgan fingerprint density at radius 3 is 2.33 bits per heavy atom. The van der Waals surface area contributed by atoms with Crippen molar-refractivity contribution in [2.75, 3.05) is 5.88 Å². The molecule has 0 saturated heterocycles. The van der Waals surface area contributed by atoms with Gasteiger partial charge in [-0.3, -0.25) is 0 Å². The van der Waals surface area contributed by atoms with E-state index in [0.29, 0.717) is 0 Å². The second kappa shape index (κ2) is 5.16. The van der Waals surface area contributed by atoms with Crippen LogP contribution in [0.1, 0.15) is 11.5 Å². The van der Waals surface area contributed by atoms with Crippen molar-refractivity contribution < 1.29 is 21.6 Å². The van der Waals surface area contributed by atoms with Crippen LogP contribution in [0, 0.1) is 11.3 Å². The Bertz CT molecular complexity index is 578. The van der Waals surface area contributed by atoms with Gasteiger partial charge in [-0.2, -0.15) is 18.4 Å². The maximum Gasteiger partial charge on any atom is 0.501 e. The molecule has 0 aliphatic carbocycles. The normalized spacial score (nSPS) is 13.9. The van der Waals surface area contributed by atoms with Crippen molar-refractivity contribution in [1.29, 1.82) is 5.26 Å². The summed E-state index contributed by atoms with van der Waals surface area (Å²) in [4.78, 5) is -0.926. The molecular formula is C10H7ClF3NO2S. The van der Waals surface area contributed by atoms with E-state index in [4.69, 9.17) is 16.9 Å². The van der Waals surface area contributed by atoms with Crippen LogP contribution in [0.5, 0.6) is 0 Å². The third kappa shape index (κ3) is 2.60. The van der Waals surface area contributed by atoms with E-state index in [1.807, 2.05) is 0 Å². The number of hydrogen-bond donors (Lipinski definition) is 0. The predicted molar refractivity (Wildman–Crippen MR) is 58.8 cm³/mol. The minimum atomic E-state index is -5.48. The lowest BCUT2D eigenvalue weighted by molar-refractivity contribution is -0.0436. The van der Waals surface area contributed by atoms with Crippen molar-refractivity contribution in [2.24, 2.45) is 0 Å². The number of rotatable bonds is 3. The third-order valence-electron chi connectivity index (χ3n) is 2.20. The fourth-order valence-electron chi connectivity index (χ4n) is 1.32. The number of benzene rings is 1. The molecule has 1 unspecified atom stereocenters. The Balaban J connectivity index is 3.50. The molecule has 8 heteroatoms. The molecule has 0 bridgehead atoms. The zero-order valence-corrected chi connectivity index (χ0v) is 10.4. The summed E-state index contributed by atoms with van der Waals surface area (Å²) in [6, 6.07) is 6.14. The summed E-state index contributed by atoms with van der Waals surface area (Å²) in [6.07, 6.45) is 0. The van der Waals surface area contributed by atoms with E-state index in [1.165, 1.54) is 6.07 Å². The van der Waals surface area contributed by atoms with Crippen LogP contribution in [0.4, 0.5) is 13.2 Å². The monoisotopic (exact) mass is 297 g/mol. The Kier molecular flexibility index (Phi) is 4.24. The zero-order chi connectivity index (χ0) is 14.0. The molecule has 0 aliphatic rings. The Morgan fingerprint density at radius 1 is 1.33 bits per heavy atom. The van der Waals surface area contributed by atoms with Gasteiger partial charge in [0.2, 0.25) is 0 Å². The van der Waals surface area contributed by atoms with Gasteiger partial charge in [0.15, 0.2) is 0 Å². The molecule has 0 fully saturated rings. The van der Waals surface area contributed by atoms with Gasteiger partial charge in [-0.15, -0.1) is 11.6 Å². The minimum Gasteiger partial charge on any atom is -0.214 e. The largest absolute Gasteiger partial charge is 0.501 e. The maximum absolute atomic E-state index is 12.5. The standard InChI is InChI=1S/C10H7ClF3NO2S/c11-5-7(6-15)8-3-1-2-4-9(8)18(16,17)10(12,13)14/h1-4,7H,5H2. The zero-order valence-electron chi connectivity index (χ0n) is 8.78. The Hall–Kier alpha value is -1.26. The van der Waals surface area contributed by atoms with Gasteiger partial charge in [-0.05, 0) is 11.6 Å². The van der Waals surface area contributed by atoms with Crippen LogP contribution in [0.15, 0.2) is 29.2 Å². The van der Waals surface area contributed by atoms with Crippen molar-refractivity contribution >= 4 is 21.4 Å². The summed E-state index contributed by atoms with van der Waals surface area (Å²) < 4.78 is 60.1. The van der Waals surface area contributed by atoms with Crippen molar-refractivity contribution in [3.8, 4) is 6.07 Å². The van der Waals surface area contributed by atoms with Crippen LogP contribution >= 0.6 is 11.6 Å². The van der Waals surface area contributed by atoms with Gasteiger partial charge >= 0.3 is 5.51 Å². The average molecular weight is 298 g/mol. The number of sulfone groups is 1. The summed E-state index contributed by atoms with van der Waals surface area (Å²) in [5.74, 6) is -1.40. The fraction of sp³-hybridized carbons (Fsp3) is 0.300. The molecule has 98 valence electrons. The molecule has 0 N–H and O–H groups in total. The Labute approximate surface area is 107 Å². The number of nitrogens with zero attached hydrogens (tertiary/aromatic N) is 1. The van der Waals surface area contributed by atoms with E-state index in [2.05, 4.69) is 0 Å². The summed E-state index contributed by atoms with van der Waals surface area (Å²) in [7, 11) is -5.48. The highest BCUT2D eigenvalue weighted by Crippen LogP contribution is 2.34. The molecule has 3 nitrogen and oxygen atoms in total. The maximum atomic E-state index is 12.5. The van der Waals surface area contributed by atoms with E-state index in [-0.39, 0.29) is 11.4 Å². The molecule has 1 aromatic rings. The van der Waals surface area contributed by atoms with Crippen LogP contribution in [-0.2, 0) is 9.84 Å². The van der Waals surface area contributed by atoms with Gasteiger partial charge in [-0.25, -0.2) is 8.42 Å². The summed E-state index contributed by atoms with van der Waals surface area (Å²) in [5, 5.41) is 8.76. The molecule has 0 aromatic heterocycles. The molecule has 18 heavy (non-hydrogen) atoms. The highest BCUT2D eigenvalue weighted by Gasteiger charge is 2.48. The molecule has 1 atom stereocenters. The van der Waals surface area contributed by atoms with E-state index in [0.717, 1.165) is 18.2 Å². The molecule has 1 aromatic carbocycles. The van der Waals surface area contributed by atoms with E-state index >= 15 is 0 Å². The van der Waals surface area contributed by atoms with Gasteiger partial charge in [0.05, 0.1) is 16.9 Å². The van der Waals surface area contributed by atoms with Gasteiger partial charge in [0.25, 0.3) is 9.84 Å². The van der Waals surface area contributed by atoms with Crippen molar-refractivity contribution in [1.82, 2.24) is 0 Å². The first-order valence-electron chi connectivity index (χ1n) is 4.61. The van der Waals surface area contributed by atoms with Crippen LogP contribution in [0.25, 0.3) is 0 Å². The first kappa shape index (κ1) is 14.8. The lowest BCUT2D eigenvalue weighted by Crippen LogP contribution is -2.25. The summed E-state index contributed by atoms with van der Waals surface area (Å²) in [6.45, 7) is 0. The number of alkyl halides is 4. The molecule has 0 saturated carbocycles. The van der Waals surface area contributed by atoms with E-state index in [1.54, 1.807) is 6.07 Å². The quantitative estimate of drug-likeness (QED) is 0.806. The average Bonchev–Trinajstić information content (AvgIpc) is 2.29. The molecular weight excluding hydrogens is 291 g/mol. The molecule has 0 aliphatic heterocycles. The minimum absolute atomic E-state index is 0.243. The van der Waals surface area contributed by atoms with E-state index < -0.39 is 26.2 Å². The predicted octanol–water partition coefficient (Wildman–Crippen LogP) is 2.83. The SMILES string of the molecule is N#CC(CCl)c1ccccc1S(=O)(=O)C(F)(F)F. The fourth-order valence-corrected chi connectivity index (χ4v) is 2.59. The lowest BCUT2D eigenvalue weighted by Gasteiger charge is -2.14. The van der Waals surface area contributed by atoms with Gasteiger partial charge in [0, 0.05) is 5.88 Å². The van der Waals surface area contributed by atoms with E-state index in [9.17, 15) is 21.6 Å². The molecule has 0 radical (unpaired) electrons. The highest BCUT2D eigenvalue weighted by molar-refractivity contribution is 7.92. The number of halogens is 4. The van der Waals surface area contributed by atoms with Crippen LogP contribution < -0.4 is 0 Å². The van der Waals surface area contributed by atoms with Crippen molar-refractivity contribution in [3.63, 3.8) is 0 Å². The molecule has 0 spiro atoms. The second-order valence-electron chi connectivity index (χ2n) is 3.32. The van der Waals surface area contributed by atoms with Crippen LogP contribution in [0.3, 0.4) is 0 Å². The van der Waals surface area contributed by atoms with Gasteiger partial charge in [0.1, 0.15) is 0 Å². The molecule has 0 heterocycles.